The van der Waals surface area contributed by atoms with E-state index in [4.69, 9.17) is 29.4 Å². The van der Waals surface area contributed by atoms with Crippen molar-refractivity contribution in [2.75, 3.05) is 24.6 Å². The maximum atomic E-state index is 13.2. The number of imidazole rings is 1. The molecular formula is C20H26N8O11S3. The lowest BCUT2D eigenvalue weighted by Crippen LogP contribution is -2.50. The fourth-order valence-electron chi connectivity index (χ4n) is 3.89. The second-order valence-electron chi connectivity index (χ2n) is 8.94. The van der Waals surface area contributed by atoms with Crippen molar-refractivity contribution in [1.82, 2.24) is 30.3 Å². The smallest absolute Gasteiger partial charge is 0.347 e. The number of hydrogen-bond acceptors (Lipinski definition) is 19. The van der Waals surface area contributed by atoms with Gasteiger partial charge in [-0.1, -0.05) is 0 Å². The number of fused-ring (bicyclic) bond motifs is 1. The Hall–Kier alpha value is -3.12. The van der Waals surface area contributed by atoms with Crippen molar-refractivity contribution >= 4 is 75.5 Å². The van der Waals surface area contributed by atoms with Crippen molar-refractivity contribution in [3.63, 3.8) is 0 Å². The summed E-state index contributed by atoms with van der Waals surface area (Å²) >= 11 is 4.78. The molecule has 2 aliphatic heterocycles. The highest BCUT2D eigenvalue weighted by Crippen LogP contribution is 2.32. The molecule has 2 unspecified atom stereocenters. The van der Waals surface area contributed by atoms with Crippen LogP contribution in [0.4, 0.5) is 5.82 Å². The van der Waals surface area contributed by atoms with E-state index in [9.17, 15) is 34.5 Å². The molecule has 4 rings (SSSR count). The van der Waals surface area contributed by atoms with E-state index in [0.717, 1.165) is 11.1 Å². The van der Waals surface area contributed by atoms with Crippen LogP contribution < -0.4 is 26.9 Å². The second kappa shape index (κ2) is 13.5. The van der Waals surface area contributed by atoms with E-state index in [1.807, 2.05) is 0 Å². The molecule has 22 heteroatoms. The number of rotatable bonds is 5. The van der Waals surface area contributed by atoms with Gasteiger partial charge in [0.05, 0.1) is 6.61 Å². The van der Waals surface area contributed by atoms with Crippen LogP contribution in [0.1, 0.15) is 18.7 Å². The third-order valence-corrected chi connectivity index (χ3v) is 7.61. The van der Waals surface area contributed by atoms with Crippen LogP contribution in [-0.4, -0.2) is 108 Å². The third kappa shape index (κ3) is 6.75. The fourth-order valence-corrected chi connectivity index (χ4v) is 5.13. The Morgan fingerprint density at radius 2 is 1.95 bits per heavy atom. The first-order valence-corrected chi connectivity index (χ1v) is 14.6. The average molecular weight is 651 g/mol. The Morgan fingerprint density at radius 1 is 1.21 bits per heavy atom. The maximum absolute atomic E-state index is 13.2. The molecule has 6 atom stereocenters. The number of carbonyl (C=O) groups is 4. The zero-order valence-electron chi connectivity index (χ0n) is 21.3. The number of nitrogens with zero attached hydrogens (tertiary/aromatic N) is 4. The quantitative estimate of drug-likeness (QED) is 0.0870. The van der Waals surface area contributed by atoms with Gasteiger partial charge in [0.25, 0.3) is 0 Å². The van der Waals surface area contributed by atoms with Gasteiger partial charge in [0.2, 0.25) is 11.8 Å². The highest BCUT2D eigenvalue weighted by atomic mass is 33.1. The van der Waals surface area contributed by atoms with Gasteiger partial charge < -0.3 is 55.4 Å². The minimum Gasteiger partial charge on any atom is -0.403 e. The molecule has 2 aliphatic rings. The molecular weight excluding hydrogens is 624 g/mol. The summed E-state index contributed by atoms with van der Waals surface area (Å²) in [7, 11) is 0. The summed E-state index contributed by atoms with van der Waals surface area (Å²) in [6.45, 7) is -1.10. The summed E-state index contributed by atoms with van der Waals surface area (Å²) < 4.78 is 15.9. The number of nitrogen functional groups attached to an aromatic ring is 1. The van der Waals surface area contributed by atoms with Gasteiger partial charge in [-0.2, -0.15) is 17.4 Å². The van der Waals surface area contributed by atoms with Crippen molar-refractivity contribution in [2.24, 2.45) is 5.73 Å². The number of carbonyl (C=O) groups excluding carboxylic acids is 4. The summed E-state index contributed by atoms with van der Waals surface area (Å²) in [4.78, 5) is 68.1. The number of aromatic nitrogens is 4. The molecule has 0 aromatic carbocycles. The zero-order chi connectivity index (χ0) is 30.6. The minimum atomic E-state index is -2.19. The predicted octanol–water partition coefficient (Wildman–Crippen LogP) is -3.95. The van der Waals surface area contributed by atoms with Crippen LogP contribution in [0.25, 0.3) is 11.2 Å². The van der Waals surface area contributed by atoms with Crippen molar-refractivity contribution in [2.45, 2.75) is 49.0 Å². The highest BCUT2D eigenvalue weighted by molar-refractivity contribution is 8.73. The standard InChI is InChI=1S/C20H26N8O11S3/c21-14-11-15(24-6-28(11)37-13-8(4-29)36-17(34)12(13)32)27-18(26-14)20(22)2-1-9(30)25-7(5-40)16(33)23-3-10(31)38-41-42-39-19(20)35/h6-8,12-13,17,29,32,34,40H,1-5,22H2,(H,23,33)(H,25,30)(H2,21,26,27)/t7?,8-,12-,13-,17-,20?/m1/s1. The largest absolute Gasteiger partial charge is 0.403 e. The summed E-state index contributed by atoms with van der Waals surface area (Å²) in [5, 5.41) is 34.2. The van der Waals surface area contributed by atoms with Crippen LogP contribution in [-0.2, 0) is 37.8 Å². The molecule has 9 N–H and O–H groups in total. The van der Waals surface area contributed by atoms with Crippen LogP contribution in [0, 0.1) is 0 Å². The summed E-state index contributed by atoms with van der Waals surface area (Å²) in [5.74, 6) is -4.15. The Balaban J connectivity index is 1.63. The highest BCUT2D eigenvalue weighted by Gasteiger charge is 2.46. The molecule has 0 radical (unpaired) electrons. The number of thiol groups is 1. The van der Waals surface area contributed by atoms with Gasteiger partial charge in [0, 0.05) is 12.2 Å². The maximum Gasteiger partial charge on any atom is 0.347 e. The molecule has 0 aliphatic carbocycles. The first-order chi connectivity index (χ1) is 20.0. The lowest BCUT2D eigenvalue weighted by Gasteiger charge is -2.25. The lowest BCUT2D eigenvalue weighted by molar-refractivity contribution is -0.140. The molecule has 42 heavy (non-hydrogen) atoms. The Morgan fingerprint density at radius 3 is 2.67 bits per heavy atom. The van der Waals surface area contributed by atoms with Gasteiger partial charge in [-0.05, 0) is 6.42 Å². The first-order valence-electron chi connectivity index (χ1n) is 12.0. The van der Waals surface area contributed by atoms with Gasteiger partial charge in [-0.15, -0.1) is 0 Å². The van der Waals surface area contributed by atoms with Gasteiger partial charge in [0.15, 0.2) is 62.9 Å². The number of hydrogen-bond donors (Lipinski definition) is 8. The normalized spacial score (nSPS) is 30.1. The van der Waals surface area contributed by atoms with Crippen LogP contribution in [0.2, 0.25) is 0 Å². The first kappa shape index (κ1) is 31.8. The van der Waals surface area contributed by atoms with E-state index in [-0.39, 0.29) is 28.6 Å². The molecule has 2 aromatic heterocycles. The molecule has 0 saturated carbocycles. The number of nitrogens with one attached hydrogen (secondary N) is 2. The van der Waals surface area contributed by atoms with Gasteiger partial charge in [0.1, 0.15) is 31.1 Å². The molecule has 2 fully saturated rings. The molecule has 2 amide bonds. The van der Waals surface area contributed by atoms with Crippen LogP contribution in [0.5, 0.6) is 0 Å². The topological polar surface area (TPSA) is 286 Å². The number of anilines is 1. The van der Waals surface area contributed by atoms with Crippen LogP contribution >= 0.6 is 34.8 Å². The molecule has 19 nitrogen and oxygen atoms in total. The zero-order valence-corrected chi connectivity index (χ0v) is 23.8. The van der Waals surface area contributed by atoms with Gasteiger partial charge >= 0.3 is 11.9 Å². The van der Waals surface area contributed by atoms with Crippen LogP contribution in [0.15, 0.2) is 6.33 Å². The Kier molecular flexibility index (Phi) is 10.2. The molecule has 0 bridgehead atoms. The van der Waals surface area contributed by atoms with E-state index in [0.29, 0.717) is 22.1 Å². The minimum absolute atomic E-state index is 0.0182. The Bertz CT molecular complexity index is 1350. The summed E-state index contributed by atoms with van der Waals surface area (Å²) in [6.07, 6.45) is -5.16. The molecule has 2 saturated heterocycles. The molecule has 4 heterocycles. The van der Waals surface area contributed by atoms with E-state index in [1.165, 1.54) is 0 Å². The predicted molar refractivity (Wildman–Crippen MR) is 145 cm³/mol. The van der Waals surface area contributed by atoms with Crippen molar-refractivity contribution in [1.29, 1.82) is 0 Å². The molecule has 0 spiro atoms. The molecule has 2 aromatic rings. The van der Waals surface area contributed by atoms with E-state index >= 15 is 0 Å². The van der Waals surface area contributed by atoms with Crippen LogP contribution in [0.3, 0.4) is 0 Å². The van der Waals surface area contributed by atoms with E-state index in [2.05, 4.69) is 38.2 Å². The Labute approximate surface area is 249 Å². The van der Waals surface area contributed by atoms with E-state index < -0.39 is 85.9 Å². The van der Waals surface area contributed by atoms with Gasteiger partial charge in [-0.3, -0.25) is 9.59 Å². The van der Waals surface area contributed by atoms with Gasteiger partial charge in [-0.25, -0.2) is 24.5 Å². The van der Waals surface area contributed by atoms with Crippen molar-refractivity contribution in [3.05, 3.63) is 12.2 Å². The number of ether oxygens (including phenoxy) is 1. The van der Waals surface area contributed by atoms with Crippen molar-refractivity contribution < 1.29 is 52.4 Å². The number of amides is 2. The second-order valence-corrected chi connectivity index (χ2v) is 10.7. The van der Waals surface area contributed by atoms with Crippen molar-refractivity contribution in [3.8, 4) is 0 Å². The number of nitrogens with two attached hydrogens (primary N) is 2. The number of aliphatic hydroxyl groups excluding tert-OH is 3. The fraction of sp³-hybridized carbons (Fsp3) is 0.550. The monoisotopic (exact) mass is 650 g/mol. The summed E-state index contributed by atoms with van der Waals surface area (Å²) in [6, 6.07) is -1.11. The third-order valence-electron chi connectivity index (χ3n) is 6.14. The SMILES string of the molecule is Nc1nc(C2(N)CCC(=O)NC(CS)C(=O)NCC(=O)OSSOC2=O)nc2ncn(O[C@H]3[C@@H](O)[C@H](O)O[C@@H]3CO)c12. The average Bonchev–Trinajstić information content (AvgIpc) is 3.50. The lowest BCUT2D eigenvalue weighted by atomic mass is 9.93. The number of aliphatic hydroxyl groups is 3. The molecule has 230 valence electrons. The summed E-state index contributed by atoms with van der Waals surface area (Å²) in [5.41, 5.74) is 10.2. The van der Waals surface area contributed by atoms with E-state index in [1.54, 1.807) is 0 Å².